The van der Waals surface area contributed by atoms with Crippen LogP contribution in [0.4, 0.5) is 10.5 Å². The molecule has 4 N–H and O–H groups in total. The van der Waals surface area contributed by atoms with Gasteiger partial charge in [-0.15, -0.1) is 0 Å². The number of amides is 3. The third kappa shape index (κ3) is 11.1. The highest BCUT2D eigenvalue weighted by atomic mass is 16.7. The van der Waals surface area contributed by atoms with E-state index in [0.717, 1.165) is 50.1 Å². The lowest BCUT2D eigenvalue weighted by Gasteiger charge is -2.42. The van der Waals surface area contributed by atoms with Gasteiger partial charge in [0, 0.05) is 37.9 Å². The average molecular weight is 856 g/mol. The van der Waals surface area contributed by atoms with Crippen molar-refractivity contribution >= 4 is 47.5 Å². The van der Waals surface area contributed by atoms with E-state index in [2.05, 4.69) is 27.8 Å². The van der Waals surface area contributed by atoms with Crippen LogP contribution in [0.2, 0.25) is 0 Å². The number of fused-ring (bicyclic) bond motifs is 3. The van der Waals surface area contributed by atoms with Crippen LogP contribution in [-0.4, -0.2) is 103 Å². The number of methoxy groups -OCH3 is 1. The maximum absolute atomic E-state index is 13.4. The Hall–Kier alpha value is -6.77. The van der Waals surface area contributed by atoms with E-state index in [0.29, 0.717) is 5.56 Å². The molecule has 1 saturated heterocycles. The molecule has 1 aliphatic carbocycles. The number of carbonyl (C=O) groups excluding carboxylic acids is 7. The van der Waals surface area contributed by atoms with Crippen LogP contribution in [0.3, 0.4) is 0 Å². The maximum Gasteiger partial charge on any atom is 0.407 e. The van der Waals surface area contributed by atoms with E-state index in [4.69, 9.17) is 28.4 Å². The molecule has 0 saturated carbocycles. The molecule has 328 valence electrons. The van der Waals surface area contributed by atoms with Crippen LogP contribution in [0, 0.1) is 17.8 Å². The van der Waals surface area contributed by atoms with Crippen molar-refractivity contribution in [3.63, 3.8) is 0 Å². The first kappa shape index (κ1) is 46.3. The van der Waals surface area contributed by atoms with Crippen LogP contribution < -0.4 is 16.0 Å². The first-order valence-corrected chi connectivity index (χ1v) is 19.8. The topological polar surface area (TPSA) is 231 Å². The molecular formula is C45H49N3O14. The third-order valence-electron chi connectivity index (χ3n) is 10.1. The molecule has 5 rings (SSSR count). The Morgan fingerprint density at radius 2 is 1.34 bits per heavy atom. The highest BCUT2D eigenvalue weighted by Crippen LogP contribution is 2.44. The summed E-state index contributed by atoms with van der Waals surface area (Å²) in [6.07, 6.45) is -8.58. The molecule has 7 atom stereocenters. The molecule has 0 spiro atoms. The standard InChI is InChI=1S/C45H49N3O14/c1-23(2)37(48-45(56)58-22-35-33-14-10-8-12-31(33)32-13-9-11-15-34(32)35)43(54)46-24(3)42(53)47-30-18-16-29(21-49)28(20-30)17-19-36-38(59-25(4)50)39(60-26(5)51)40(61-27(6)52)41(62-36)44(55)57-7/h8-16,18,20,23-24,35-41,49H,21-22H2,1-7H3,(H,46,54)(H,47,53)(H,48,56)/t24?,36-,37?,38-,39+,40-,41-/m0/s1. The van der Waals surface area contributed by atoms with Crippen LogP contribution in [-0.2, 0) is 63.8 Å². The lowest BCUT2D eigenvalue weighted by Crippen LogP contribution is -2.63. The second-order valence-electron chi connectivity index (χ2n) is 14.9. The molecule has 62 heavy (non-hydrogen) atoms. The minimum absolute atomic E-state index is 0.0480. The van der Waals surface area contributed by atoms with Crippen molar-refractivity contribution in [3.8, 4) is 23.0 Å². The molecule has 0 bridgehead atoms. The van der Waals surface area contributed by atoms with Gasteiger partial charge >= 0.3 is 30.0 Å². The number of rotatable bonds is 13. The Morgan fingerprint density at radius 3 is 1.90 bits per heavy atom. The second kappa shape index (κ2) is 20.7. The van der Waals surface area contributed by atoms with E-state index in [1.807, 2.05) is 48.5 Å². The number of hydrogen-bond acceptors (Lipinski definition) is 14. The number of anilines is 1. The lowest BCUT2D eigenvalue weighted by atomic mass is 9.93. The smallest absolute Gasteiger partial charge is 0.407 e. The zero-order valence-electron chi connectivity index (χ0n) is 35.2. The summed E-state index contributed by atoms with van der Waals surface area (Å²) in [4.78, 5) is 89.1. The summed E-state index contributed by atoms with van der Waals surface area (Å²) in [6, 6.07) is 18.1. The van der Waals surface area contributed by atoms with Gasteiger partial charge in [-0.25, -0.2) is 9.59 Å². The molecule has 3 amide bonds. The van der Waals surface area contributed by atoms with Crippen LogP contribution in [0.1, 0.15) is 69.7 Å². The first-order chi connectivity index (χ1) is 29.5. The van der Waals surface area contributed by atoms with Crippen molar-refractivity contribution in [3.05, 3.63) is 89.0 Å². The molecule has 17 nitrogen and oxygen atoms in total. The molecule has 3 aromatic rings. The molecule has 1 aliphatic heterocycles. The molecule has 0 aromatic heterocycles. The maximum atomic E-state index is 13.4. The summed E-state index contributed by atoms with van der Waals surface area (Å²) in [5.41, 5.74) is 4.89. The van der Waals surface area contributed by atoms with Gasteiger partial charge in [0.2, 0.25) is 11.8 Å². The molecule has 17 heteroatoms. The summed E-state index contributed by atoms with van der Waals surface area (Å²) in [5, 5.41) is 18.1. The Balaban J connectivity index is 1.27. The van der Waals surface area contributed by atoms with E-state index in [1.54, 1.807) is 13.8 Å². The van der Waals surface area contributed by atoms with Gasteiger partial charge in [0.25, 0.3) is 0 Å². The van der Waals surface area contributed by atoms with E-state index >= 15 is 0 Å². The molecular weight excluding hydrogens is 807 g/mol. The first-order valence-electron chi connectivity index (χ1n) is 19.8. The number of hydrogen-bond donors (Lipinski definition) is 4. The third-order valence-corrected chi connectivity index (χ3v) is 10.1. The number of aliphatic hydroxyl groups is 1. The Bertz CT molecular complexity index is 2220. The molecule has 2 aliphatic rings. The number of benzene rings is 3. The van der Waals surface area contributed by atoms with Gasteiger partial charge in [0.15, 0.2) is 30.5 Å². The van der Waals surface area contributed by atoms with E-state index in [1.165, 1.54) is 25.1 Å². The Labute approximate surface area is 358 Å². The minimum Gasteiger partial charge on any atom is -0.467 e. The second-order valence-corrected chi connectivity index (χ2v) is 14.9. The van der Waals surface area contributed by atoms with Gasteiger partial charge in [0.1, 0.15) is 18.7 Å². The summed E-state index contributed by atoms with van der Waals surface area (Å²) in [6.45, 7) is 7.67. The van der Waals surface area contributed by atoms with Crippen LogP contribution >= 0.6 is 0 Å². The van der Waals surface area contributed by atoms with Crippen molar-refractivity contribution in [1.29, 1.82) is 0 Å². The normalized spacial score (nSPS) is 19.8. The van der Waals surface area contributed by atoms with Crippen molar-refractivity contribution in [2.45, 2.75) is 96.7 Å². The number of esters is 4. The Kier molecular flexibility index (Phi) is 15.4. The van der Waals surface area contributed by atoms with Gasteiger partial charge in [-0.3, -0.25) is 24.0 Å². The largest absolute Gasteiger partial charge is 0.467 e. The monoisotopic (exact) mass is 855 g/mol. The van der Waals surface area contributed by atoms with Crippen molar-refractivity contribution in [1.82, 2.24) is 10.6 Å². The molecule has 1 fully saturated rings. The van der Waals surface area contributed by atoms with Crippen molar-refractivity contribution in [2.24, 2.45) is 5.92 Å². The van der Waals surface area contributed by atoms with Crippen LogP contribution in [0.5, 0.6) is 0 Å². The predicted octanol–water partition coefficient (Wildman–Crippen LogP) is 3.27. The van der Waals surface area contributed by atoms with Gasteiger partial charge in [-0.05, 0) is 52.8 Å². The number of aliphatic hydroxyl groups excluding tert-OH is 1. The summed E-state index contributed by atoms with van der Waals surface area (Å²) < 4.78 is 32.4. The van der Waals surface area contributed by atoms with E-state index in [-0.39, 0.29) is 29.7 Å². The molecule has 3 aromatic carbocycles. The SMILES string of the molecule is COC(=O)[C@H]1O[C@@H](C#Cc2cc(NC(=O)C(C)NC(=O)C(NC(=O)OCC3c4ccccc4-c4ccccc43)C(C)C)ccc2CO)[C@H](OC(C)=O)[C@@H](OC(C)=O)[C@@H]1OC(C)=O. The zero-order chi connectivity index (χ0) is 45.2. The van der Waals surface area contributed by atoms with E-state index < -0.39 is 91.0 Å². The molecule has 1 heterocycles. The summed E-state index contributed by atoms with van der Waals surface area (Å²) >= 11 is 0. The van der Waals surface area contributed by atoms with Crippen LogP contribution in [0.15, 0.2) is 66.7 Å². The number of carbonyl (C=O) groups is 7. The van der Waals surface area contributed by atoms with Gasteiger partial charge < -0.3 is 49.5 Å². The van der Waals surface area contributed by atoms with Gasteiger partial charge in [0.05, 0.1) is 13.7 Å². The number of ether oxygens (including phenoxy) is 6. The fraction of sp³-hybridized carbons (Fsp3) is 0.400. The predicted molar refractivity (Wildman–Crippen MR) is 220 cm³/mol. The molecule has 0 radical (unpaired) electrons. The zero-order valence-corrected chi connectivity index (χ0v) is 35.2. The van der Waals surface area contributed by atoms with Crippen molar-refractivity contribution in [2.75, 3.05) is 19.0 Å². The number of nitrogens with one attached hydrogen (secondary N) is 3. The summed E-state index contributed by atoms with van der Waals surface area (Å²) in [5.74, 6) is 0.164. The van der Waals surface area contributed by atoms with Crippen molar-refractivity contribution < 1.29 is 67.1 Å². The lowest BCUT2D eigenvalue weighted by molar-refractivity contribution is -0.239. The minimum atomic E-state index is -1.66. The number of alkyl carbamates (subject to hydrolysis) is 1. The van der Waals surface area contributed by atoms with Crippen LogP contribution in [0.25, 0.3) is 11.1 Å². The van der Waals surface area contributed by atoms with Gasteiger partial charge in [-0.2, -0.15) is 0 Å². The average Bonchev–Trinajstić information content (AvgIpc) is 3.55. The highest BCUT2D eigenvalue weighted by Gasteiger charge is 2.54. The Morgan fingerprint density at radius 1 is 0.758 bits per heavy atom. The molecule has 2 unspecified atom stereocenters. The fourth-order valence-corrected chi connectivity index (χ4v) is 7.21. The van der Waals surface area contributed by atoms with E-state index in [9.17, 15) is 38.7 Å². The quantitative estimate of drug-likeness (QED) is 0.110. The fourth-order valence-electron chi connectivity index (χ4n) is 7.21. The highest BCUT2D eigenvalue weighted by molar-refractivity contribution is 5.98. The van der Waals surface area contributed by atoms with Gasteiger partial charge in [-0.1, -0.05) is 80.3 Å². The summed E-state index contributed by atoms with van der Waals surface area (Å²) in [7, 11) is 1.06.